The fourth-order valence-electron chi connectivity index (χ4n) is 2.02. The number of amides is 1. The van der Waals surface area contributed by atoms with E-state index < -0.39 is 0 Å². The van der Waals surface area contributed by atoms with Crippen LogP contribution < -0.4 is 5.32 Å². The molecule has 1 aromatic carbocycles. The van der Waals surface area contributed by atoms with Crippen LogP contribution >= 0.6 is 0 Å². The predicted molar refractivity (Wildman–Crippen MR) is 76.8 cm³/mol. The molecule has 1 amide bonds. The van der Waals surface area contributed by atoms with E-state index in [1.807, 2.05) is 36.9 Å². The normalized spacial score (nSPS) is 10.5. The summed E-state index contributed by atoms with van der Waals surface area (Å²) in [6.45, 7) is 7.18. The number of nitrogens with zero attached hydrogens (tertiary/aromatic N) is 1. The van der Waals surface area contributed by atoms with E-state index >= 15 is 0 Å². The van der Waals surface area contributed by atoms with Gasteiger partial charge in [0, 0.05) is 26.7 Å². The summed E-state index contributed by atoms with van der Waals surface area (Å²) < 4.78 is 5.17. The van der Waals surface area contributed by atoms with Gasteiger partial charge in [-0.05, 0) is 25.0 Å². The second-order valence-electron chi connectivity index (χ2n) is 4.37. The van der Waals surface area contributed by atoms with Crippen LogP contribution in [-0.2, 0) is 22.7 Å². The number of carbonyl (C=O) groups excluding carboxylic acids is 1. The molecule has 0 heterocycles. The van der Waals surface area contributed by atoms with Crippen LogP contribution in [0.2, 0.25) is 0 Å². The van der Waals surface area contributed by atoms with Crippen molar-refractivity contribution < 1.29 is 9.53 Å². The molecule has 0 aromatic heterocycles. The molecule has 0 aliphatic carbocycles. The molecule has 19 heavy (non-hydrogen) atoms. The van der Waals surface area contributed by atoms with Crippen LogP contribution in [0.25, 0.3) is 0 Å². The lowest BCUT2D eigenvalue weighted by Crippen LogP contribution is -2.37. The van der Waals surface area contributed by atoms with E-state index in [2.05, 4.69) is 11.4 Å². The van der Waals surface area contributed by atoms with Gasteiger partial charge < -0.3 is 15.0 Å². The van der Waals surface area contributed by atoms with E-state index in [9.17, 15) is 4.79 Å². The number of hydrogen-bond donors (Lipinski definition) is 1. The van der Waals surface area contributed by atoms with E-state index in [-0.39, 0.29) is 5.91 Å². The monoisotopic (exact) mass is 264 g/mol. The molecule has 1 rings (SSSR count). The molecule has 0 radical (unpaired) electrons. The van der Waals surface area contributed by atoms with Crippen LogP contribution in [0.4, 0.5) is 0 Å². The Kier molecular flexibility index (Phi) is 7.15. The number of methoxy groups -OCH3 is 1. The van der Waals surface area contributed by atoms with Gasteiger partial charge in [0.1, 0.15) is 0 Å². The second kappa shape index (κ2) is 8.67. The van der Waals surface area contributed by atoms with Gasteiger partial charge in [-0.2, -0.15) is 0 Å². The highest BCUT2D eigenvalue weighted by molar-refractivity contribution is 5.78. The largest absolute Gasteiger partial charge is 0.380 e. The number of rotatable bonds is 8. The Labute approximate surface area is 115 Å². The van der Waals surface area contributed by atoms with Crippen LogP contribution in [0.3, 0.4) is 0 Å². The van der Waals surface area contributed by atoms with Crippen LogP contribution in [0.1, 0.15) is 25.0 Å². The molecule has 0 fully saturated rings. The van der Waals surface area contributed by atoms with Gasteiger partial charge in [0.05, 0.1) is 13.2 Å². The molecule has 106 valence electrons. The predicted octanol–water partition coefficient (Wildman–Crippen LogP) is 1.79. The van der Waals surface area contributed by atoms with Gasteiger partial charge in [0.2, 0.25) is 5.91 Å². The standard InChI is InChI=1S/C15H24N2O2/c1-4-17(5-2)15(18)11-16-10-13-8-6-7-9-14(13)12-19-3/h6-9,16H,4-5,10-12H2,1-3H3. The molecule has 0 spiro atoms. The third-order valence-corrected chi connectivity index (χ3v) is 3.13. The third kappa shape index (κ3) is 5.01. The van der Waals surface area contributed by atoms with Crippen LogP contribution in [0.5, 0.6) is 0 Å². The molecule has 1 N–H and O–H groups in total. The Morgan fingerprint density at radius 1 is 1.21 bits per heavy atom. The van der Waals surface area contributed by atoms with E-state index in [0.29, 0.717) is 19.7 Å². The van der Waals surface area contributed by atoms with Gasteiger partial charge in [0.15, 0.2) is 0 Å². The maximum atomic E-state index is 11.8. The molecule has 0 unspecified atom stereocenters. The van der Waals surface area contributed by atoms with Crippen molar-refractivity contribution in [2.45, 2.75) is 27.0 Å². The zero-order chi connectivity index (χ0) is 14.1. The first-order valence-electron chi connectivity index (χ1n) is 6.77. The van der Waals surface area contributed by atoms with Gasteiger partial charge in [-0.3, -0.25) is 4.79 Å². The minimum atomic E-state index is 0.147. The van der Waals surface area contributed by atoms with Crippen molar-refractivity contribution in [1.29, 1.82) is 0 Å². The van der Waals surface area contributed by atoms with E-state index in [1.54, 1.807) is 7.11 Å². The highest BCUT2D eigenvalue weighted by Crippen LogP contribution is 2.09. The van der Waals surface area contributed by atoms with Crippen LogP contribution in [0, 0.1) is 0 Å². The Bertz CT molecular complexity index is 389. The average Bonchev–Trinajstić information content (AvgIpc) is 2.42. The van der Waals surface area contributed by atoms with Crippen LogP contribution in [-0.4, -0.2) is 37.6 Å². The van der Waals surface area contributed by atoms with E-state index in [4.69, 9.17) is 4.74 Å². The van der Waals surface area contributed by atoms with Gasteiger partial charge in [-0.25, -0.2) is 0 Å². The molecule has 0 saturated heterocycles. The summed E-state index contributed by atoms with van der Waals surface area (Å²) in [5, 5.41) is 3.20. The summed E-state index contributed by atoms with van der Waals surface area (Å²) in [4.78, 5) is 13.7. The summed E-state index contributed by atoms with van der Waals surface area (Å²) in [6, 6.07) is 8.11. The topological polar surface area (TPSA) is 41.6 Å². The first-order valence-corrected chi connectivity index (χ1v) is 6.77. The lowest BCUT2D eigenvalue weighted by atomic mass is 10.1. The molecule has 0 aliphatic heterocycles. The van der Waals surface area contributed by atoms with Crippen molar-refractivity contribution in [2.24, 2.45) is 0 Å². The molecule has 0 atom stereocenters. The zero-order valence-electron chi connectivity index (χ0n) is 12.1. The highest BCUT2D eigenvalue weighted by atomic mass is 16.5. The van der Waals surface area contributed by atoms with Gasteiger partial charge in [-0.1, -0.05) is 24.3 Å². The molecule has 1 aromatic rings. The average molecular weight is 264 g/mol. The van der Waals surface area contributed by atoms with Gasteiger partial charge >= 0.3 is 0 Å². The van der Waals surface area contributed by atoms with Crippen molar-refractivity contribution in [2.75, 3.05) is 26.7 Å². The van der Waals surface area contributed by atoms with Gasteiger partial charge in [-0.15, -0.1) is 0 Å². The Hall–Kier alpha value is -1.39. The summed E-state index contributed by atoms with van der Waals surface area (Å²) in [5.74, 6) is 0.147. The maximum absolute atomic E-state index is 11.8. The molecule has 0 bridgehead atoms. The highest BCUT2D eigenvalue weighted by Gasteiger charge is 2.09. The number of benzene rings is 1. The van der Waals surface area contributed by atoms with Crippen molar-refractivity contribution in [3.8, 4) is 0 Å². The molecule has 4 heteroatoms. The lowest BCUT2D eigenvalue weighted by molar-refractivity contribution is -0.129. The molecule has 4 nitrogen and oxygen atoms in total. The summed E-state index contributed by atoms with van der Waals surface area (Å²) in [5.41, 5.74) is 2.34. The molecular weight excluding hydrogens is 240 g/mol. The summed E-state index contributed by atoms with van der Waals surface area (Å²) in [7, 11) is 1.69. The van der Waals surface area contributed by atoms with Crippen molar-refractivity contribution in [3.05, 3.63) is 35.4 Å². The minimum Gasteiger partial charge on any atom is -0.380 e. The van der Waals surface area contributed by atoms with Crippen molar-refractivity contribution in [1.82, 2.24) is 10.2 Å². The second-order valence-corrected chi connectivity index (χ2v) is 4.37. The molecule has 0 saturated carbocycles. The van der Waals surface area contributed by atoms with Crippen molar-refractivity contribution >= 4 is 5.91 Å². The Balaban J connectivity index is 2.47. The summed E-state index contributed by atoms with van der Waals surface area (Å²) >= 11 is 0. The number of hydrogen-bond acceptors (Lipinski definition) is 3. The zero-order valence-corrected chi connectivity index (χ0v) is 12.1. The van der Waals surface area contributed by atoms with E-state index in [1.165, 1.54) is 5.56 Å². The van der Waals surface area contributed by atoms with Gasteiger partial charge in [0.25, 0.3) is 0 Å². The SMILES string of the molecule is CCN(CC)C(=O)CNCc1ccccc1COC. The quantitative estimate of drug-likeness (QED) is 0.778. The number of carbonyl (C=O) groups is 1. The lowest BCUT2D eigenvalue weighted by Gasteiger charge is -2.19. The minimum absolute atomic E-state index is 0.147. The maximum Gasteiger partial charge on any atom is 0.236 e. The number of ether oxygens (including phenoxy) is 1. The smallest absolute Gasteiger partial charge is 0.236 e. The van der Waals surface area contributed by atoms with E-state index in [0.717, 1.165) is 18.7 Å². The Morgan fingerprint density at radius 2 is 1.84 bits per heavy atom. The first-order chi connectivity index (χ1) is 9.22. The molecule has 0 aliphatic rings. The van der Waals surface area contributed by atoms with Crippen LogP contribution in [0.15, 0.2) is 24.3 Å². The fraction of sp³-hybridized carbons (Fsp3) is 0.533. The number of likely N-dealkylation sites (N-methyl/N-ethyl adjacent to an activating group) is 1. The Morgan fingerprint density at radius 3 is 2.42 bits per heavy atom. The first kappa shape index (κ1) is 15.7. The molecular formula is C15H24N2O2. The van der Waals surface area contributed by atoms with Crippen molar-refractivity contribution in [3.63, 3.8) is 0 Å². The summed E-state index contributed by atoms with van der Waals surface area (Å²) in [6.07, 6.45) is 0. The fourth-order valence-corrected chi connectivity index (χ4v) is 2.02. The third-order valence-electron chi connectivity index (χ3n) is 3.13. The number of nitrogens with one attached hydrogen (secondary N) is 1.